The number of halogens is 1. The predicted octanol–water partition coefficient (Wildman–Crippen LogP) is 4.62. The number of carbonyl (C=O) groups excluding carboxylic acids is 1. The second kappa shape index (κ2) is 6.00. The molecule has 0 unspecified atom stereocenters. The van der Waals surface area contributed by atoms with Crippen molar-refractivity contribution in [3.8, 4) is 0 Å². The third-order valence-corrected chi connectivity index (χ3v) is 7.37. The van der Waals surface area contributed by atoms with E-state index < -0.39 is 5.97 Å². The number of benzene rings is 2. The van der Waals surface area contributed by atoms with Gasteiger partial charge in [-0.2, -0.15) is 0 Å². The number of carboxylic acids is 1. The Morgan fingerprint density at radius 2 is 1.89 bits per heavy atom. The Balaban J connectivity index is 1.72. The number of aryl methyl sites for hydroxylation is 2. The minimum absolute atomic E-state index is 0.136. The van der Waals surface area contributed by atoms with Gasteiger partial charge in [-0.3, -0.25) is 0 Å². The Labute approximate surface area is 164 Å². The first kappa shape index (κ1) is 17.1. The lowest BCUT2D eigenvalue weighted by Gasteiger charge is -2.44. The maximum absolute atomic E-state index is 11.8. The second-order valence-corrected chi connectivity index (χ2v) is 9.06. The van der Waals surface area contributed by atoms with Crippen molar-refractivity contribution in [1.29, 1.82) is 0 Å². The van der Waals surface area contributed by atoms with Crippen LogP contribution in [0.15, 0.2) is 30.3 Å². The van der Waals surface area contributed by atoms with Gasteiger partial charge in [0.25, 0.3) is 0 Å². The molecule has 140 valence electrons. The number of anilines is 1. The van der Waals surface area contributed by atoms with Crippen LogP contribution in [0.3, 0.4) is 0 Å². The highest BCUT2D eigenvalue weighted by atomic mass is 35.5. The average molecular weight is 381 g/mol. The smallest absolute Gasteiger partial charge is 0.0736 e. The van der Waals surface area contributed by atoms with E-state index in [0.717, 1.165) is 11.3 Å². The topological polar surface area (TPSA) is 52.2 Å². The van der Waals surface area contributed by atoms with E-state index in [9.17, 15) is 9.90 Å². The lowest BCUT2D eigenvalue weighted by atomic mass is 9.67. The summed E-state index contributed by atoms with van der Waals surface area (Å²) in [4.78, 5) is 11.8. The van der Waals surface area contributed by atoms with E-state index in [4.69, 9.17) is 11.6 Å². The minimum Gasteiger partial charge on any atom is -0.545 e. The highest BCUT2D eigenvalue weighted by Crippen LogP contribution is 2.64. The molecule has 1 aliphatic heterocycles. The van der Waals surface area contributed by atoms with Gasteiger partial charge in [0.05, 0.1) is 12.0 Å². The normalized spacial score (nSPS) is 30.6. The van der Waals surface area contributed by atoms with Gasteiger partial charge in [-0.15, -0.1) is 0 Å². The van der Waals surface area contributed by atoms with Crippen molar-refractivity contribution in [3.63, 3.8) is 0 Å². The van der Waals surface area contributed by atoms with Crippen LogP contribution in [0, 0.1) is 31.6 Å². The first-order chi connectivity index (χ1) is 12.9. The molecule has 2 aliphatic carbocycles. The number of rotatable bonds is 2. The molecule has 5 rings (SSSR count). The summed E-state index contributed by atoms with van der Waals surface area (Å²) >= 11 is 6.30. The molecule has 2 aromatic carbocycles. The predicted molar refractivity (Wildman–Crippen MR) is 105 cm³/mol. The van der Waals surface area contributed by atoms with Crippen molar-refractivity contribution in [1.82, 2.24) is 0 Å². The number of hydrogen-bond acceptors (Lipinski definition) is 3. The molecule has 0 spiro atoms. The van der Waals surface area contributed by atoms with Crippen molar-refractivity contribution in [2.75, 3.05) is 5.32 Å². The lowest BCUT2D eigenvalue weighted by Crippen LogP contribution is -2.37. The molecule has 3 nitrogen and oxygen atoms in total. The van der Waals surface area contributed by atoms with E-state index in [1.807, 2.05) is 6.07 Å². The Morgan fingerprint density at radius 3 is 2.67 bits per heavy atom. The molecule has 0 amide bonds. The summed E-state index contributed by atoms with van der Waals surface area (Å²) in [7, 11) is 0. The van der Waals surface area contributed by atoms with E-state index >= 15 is 0 Å². The van der Waals surface area contributed by atoms with Crippen molar-refractivity contribution in [2.45, 2.75) is 45.1 Å². The van der Waals surface area contributed by atoms with Crippen LogP contribution in [-0.2, 0) is 0 Å². The summed E-state index contributed by atoms with van der Waals surface area (Å²) in [6, 6.07) is 10.2. The minimum atomic E-state index is -1.16. The molecule has 0 saturated heterocycles. The summed E-state index contributed by atoms with van der Waals surface area (Å²) in [5.74, 6) is 1.02. The van der Waals surface area contributed by atoms with Crippen LogP contribution in [0.1, 0.15) is 63.8 Å². The highest BCUT2D eigenvalue weighted by molar-refractivity contribution is 6.31. The van der Waals surface area contributed by atoms with Gasteiger partial charge in [-0.05, 0) is 85.6 Å². The first-order valence-corrected chi connectivity index (χ1v) is 10.2. The number of fused-ring (bicyclic) bond motifs is 7. The molecule has 27 heavy (non-hydrogen) atoms. The third-order valence-electron chi connectivity index (χ3n) is 7.15. The van der Waals surface area contributed by atoms with Crippen molar-refractivity contribution in [2.24, 2.45) is 17.8 Å². The van der Waals surface area contributed by atoms with Crippen LogP contribution in [-0.4, -0.2) is 5.97 Å². The number of carbonyl (C=O) groups is 1. The first-order valence-electron chi connectivity index (χ1n) is 9.82. The van der Waals surface area contributed by atoms with E-state index in [1.165, 1.54) is 42.0 Å². The molecule has 5 atom stereocenters. The standard InChI is InChI=1S/C23H24ClNO2/c1-11-3-4-12(2)16(7-11)22-20-14-6-5-13(8-14)19(20)17-9-15(24)10-18(23(26)27)21(17)25-22/h3-4,7,9-10,13-14,19-20,22,25H,5-6,8H2,1-2H3,(H,26,27)/p-1/t13-,14+,19+,20-,22-/m0/s1. The molecule has 0 radical (unpaired) electrons. The zero-order valence-electron chi connectivity index (χ0n) is 15.6. The molecular formula is C23H23ClNO2-. The van der Waals surface area contributed by atoms with Gasteiger partial charge in [0.2, 0.25) is 0 Å². The van der Waals surface area contributed by atoms with Crippen LogP contribution in [0.2, 0.25) is 5.02 Å². The fourth-order valence-corrected chi connectivity index (χ4v) is 6.35. The fraction of sp³-hybridized carbons (Fsp3) is 0.435. The molecule has 2 aromatic rings. The fourth-order valence-electron chi connectivity index (χ4n) is 6.12. The van der Waals surface area contributed by atoms with Gasteiger partial charge in [0.1, 0.15) is 0 Å². The van der Waals surface area contributed by atoms with Gasteiger partial charge in [-0.1, -0.05) is 35.4 Å². The largest absolute Gasteiger partial charge is 0.545 e. The van der Waals surface area contributed by atoms with Crippen LogP contribution in [0.25, 0.3) is 0 Å². The van der Waals surface area contributed by atoms with Crippen LogP contribution in [0.5, 0.6) is 0 Å². The van der Waals surface area contributed by atoms with Crippen molar-refractivity contribution in [3.05, 3.63) is 63.2 Å². The number of aromatic carboxylic acids is 1. The van der Waals surface area contributed by atoms with Gasteiger partial charge in [0, 0.05) is 16.3 Å². The van der Waals surface area contributed by atoms with E-state index in [2.05, 4.69) is 37.4 Å². The van der Waals surface area contributed by atoms with Gasteiger partial charge >= 0.3 is 0 Å². The molecule has 2 fully saturated rings. The van der Waals surface area contributed by atoms with Crippen LogP contribution < -0.4 is 10.4 Å². The van der Waals surface area contributed by atoms with E-state index in [0.29, 0.717) is 28.7 Å². The molecule has 2 saturated carbocycles. The third kappa shape index (κ3) is 2.51. The quantitative estimate of drug-likeness (QED) is 0.827. The summed E-state index contributed by atoms with van der Waals surface area (Å²) in [6.07, 6.45) is 3.75. The maximum atomic E-state index is 11.8. The molecular weight excluding hydrogens is 358 g/mol. The van der Waals surface area contributed by atoms with Crippen molar-refractivity contribution >= 4 is 23.3 Å². The summed E-state index contributed by atoms with van der Waals surface area (Å²) < 4.78 is 0. The van der Waals surface area contributed by atoms with Gasteiger partial charge in [-0.25, -0.2) is 0 Å². The monoisotopic (exact) mass is 380 g/mol. The molecule has 3 aliphatic rings. The Bertz CT molecular complexity index is 954. The average Bonchev–Trinajstić information content (AvgIpc) is 3.25. The molecule has 2 bridgehead atoms. The number of hydrogen-bond donors (Lipinski definition) is 1. The zero-order chi connectivity index (χ0) is 18.9. The summed E-state index contributed by atoms with van der Waals surface area (Å²) in [6.45, 7) is 4.26. The highest BCUT2D eigenvalue weighted by Gasteiger charge is 2.54. The molecule has 4 heteroatoms. The maximum Gasteiger partial charge on any atom is 0.0736 e. The Morgan fingerprint density at radius 1 is 1.11 bits per heavy atom. The number of nitrogens with one attached hydrogen (secondary N) is 1. The SMILES string of the molecule is Cc1ccc(C)c([C@@H]2Nc3c(C(=O)[O-])cc(Cl)cc3[C@H]3[C@H]4CC[C@H](C4)[C@@H]32)c1. The van der Waals surface area contributed by atoms with Crippen LogP contribution >= 0.6 is 11.6 Å². The Hall–Kier alpha value is -2.00. The lowest BCUT2D eigenvalue weighted by molar-refractivity contribution is -0.254. The molecule has 0 aromatic heterocycles. The zero-order valence-corrected chi connectivity index (χ0v) is 16.3. The second-order valence-electron chi connectivity index (χ2n) is 8.62. The number of carboxylic acid groups (broad SMARTS) is 1. The summed E-state index contributed by atoms with van der Waals surface area (Å²) in [5.41, 5.74) is 5.78. The Kier molecular flexibility index (Phi) is 3.80. The van der Waals surface area contributed by atoms with Crippen molar-refractivity contribution < 1.29 is 9.90 Å². The van der Waals surface area contributed by atoms with E-state index in [1.54, 1.807) is 0 Å². The van der Waals surface area contributed by atoms with Crippen LogP contribution in [0.4, 0.5) is 5.69 Å². The summed E-state index contributed by atoms with van der Waals surface area (Å²) in [5, 5.41) is 16.0. The molecule has 1 heterocycles. The van der Waals surface area contributed by atoms with E-state index in [-0.39, 0.29) is 11.6 Å². The van der Waals surface area contributed by atoms with Gasteiger partial charge in [0.15, 0.2) is 0 Å². The molecule has 1 N–H and O–H groups in total. The van der Waals surface area contributed by atoms with Gasteiger partial charge < -0.3 is 15.2 Å².